The predicted molar refractivity (Wildman–Crippen MR) is 383 cm³/mol. The van der Waals surface area contributed by atoms with Crippen molar-refractivity contribution in [3.63, 3.8) is 0 Å². The number of ether oxygens (including phenoxy) is 6. The van der Waals surface area contributed by atoms with E-state index < -0.39 is 124 Å². The van der Waals surface area contributed by atoms with Crippen LogP contribution in [0.25, 0.3) is 0 Å². The molecule has 0 bridgehead atoms. The molecule has 12 N–H and O–H groups in total. The molecule has 3 rings (SSSR count). The Labute approximate surface area is 588 Å². The van der Waals surface area contributed by atoms with E-state index in [1.165, 1.54) is 276 Å². The third-order valence-corrected chi connectivity index (χ3v) is 20.6. The maximum absolute atomic E-state index is 13.5. The summed E-state index contributed by atoms with van der Waals surface area (Å²) >= 11 is 0. The second-order valence-electron chi connectivity index (χ2n) is 29.2. The molecule has 97 heavy (non-hydrogen) atoms. The Morgan fingerprint density at radius 2 is 0.639 bits per heavy atom. The first-order valence-corrected chi connectivity index (χ1v) is 40.4. The standard InChI is InChI=1S/C78H149NO18/c1-3-5-7-9-11-13-15-17-19-21-22-23-24-25-26-27-28-29-30-31-32-33-34-35-36-37-38-40-42-44-46-48-50-52-54-56-66(84)79-61(62(83)55-53-51-49-47-45-43-41-39-20-18-16-14-12-10-8-6-4-2)60-92-76-72(90)69(87)74(64(58-81)94-76)97-78-73(91)70(88)75(65(59-82)95-78)96-77-71(89)68(86)67(85)63(57-80)93-77/h53,55,61-65,67-78,80-83,85-91H,3-52,54,56-60H2,1-2H3,(H,79,84)/b55-53+. The SMILES string of the molecule is CCCCCCCCCCCCCCCCC/C=C/C(O)C(COC1OC(CO)C(OC2OC(CO)C(OC3OC(CO)C(O)C(O)C3O)C(O)C2O)C(O)C1O)NC(=O)CCCCCCCCCCCCCCCCCCCCCCCCCCCCCCCCCCCCC. The van der Waals surface area contributed by atoms with Crippen LogP contribution in [0, 0.1) is 0 Å². The van der Waals surface area contributed by atoms with E-state index in [0.29, 0.717) is 6.42 Å². The summed E-state index contributed by atoms with van der Waals surface area (Å²) in [5, 5.41) is 121. The number of unbranched alkanes of at least 4 members (excludes halogenated alkanes) is 49. The summed E-state index contributed by atoms with van der Waals surface area (Å²) in [5.41, 5.74) is 0. The molecular formula is C78H149NO18. The van der Waals surface area contributed by atoms with Gasteiger partial charge in [0, 0.05) is 6.42 Å². The molecule has 3 saturated heterocycles. The van der Waals surface area contributed by atoms with Gasteiger partial charge in [-0.2, -0.15) is 0 Å². The van der Waals surface area contributed by atoms with Gasteiger partial charge < -0.3 is 89.9 Å². The van der Waals surface area contributed by atoms with Crippen molar-refractivity contribution in [3.05, 3.63) is 12.2 Å². The van der Waals surface area contributed by atoms with Gasteiger partial charge in [0.25, 0.3) is 0 Å². The topological polar surface area (TPSA) is 307 Å². The summed E-state index contributed by atoms with van der Waals surface area (Å²) < 4.78 is 34.4. The number of amides is 1. The van der Waals surface area contributed by atoms with E-state index in [-0.39, 0.29) is 18.9 Å². The molecule has 0 aromatic carbocycles. The van der Waals surface area contributed by atoms with Gasteiger partial charge in [-0.3, -0.25) is 4.79 Å². The van der Waals surface area contributed by atoms with Crippen molar-refractivity contribution in [2.45, 2.75) is 452 Å². The van der Waals surface area contributed by atoms with Crippen LogP contribution < -0.4 is 5.32 Å². The molecule has 3 heterocycles. The van der Waals surface area contributed by atoms with Gasteiger partial charge in [0.15, 0.2) is 18.9 Å². The average Bonchev–Trinajstić information content (AvgIpc) is 0.789. The van der Waals surface area contributed by atoms with Gasteiger partial charge >= 0.3 is 0 Å². The van der Waals surface area contributed by atoms with Crippen LogP contribution in [0.5, 0.6) is 0 Å². The van der Waals surface area contributed by atoms with Gasteiger partial charge in [-0.05, 0) is 19.3 Å². The molecule has 3 aliphatic rings. The van der Waals surface area contributed by atoms with Crippen LogP contribution in [0.1, 0.15) is 348 Å². The lowest BCUT2D eigenvalue weighted by Gasteiger charge is -2.48. The number of carbonyl (C=O) groups is 1. The van der Waals surface area contributed by atoms with Crippen LogP contribution >= 0.6 is 0 Å². The molecule has 0 aliphatic carbocycles. The lowest BCUT2D eigenvalue weighted by Crippen LogP contribution is -2.66. The molecule has 1 amide bonds. The lowest BCUT2D eigenvalue weighted by atomic mass is 9.96. The Morgan fingerprint density at radius 1 is 0.361 bits per heavy atom. The van der Waals surface area contributed by atoms with Crippen LogP contribution in [-0.4, -0.2) is 193 Å². The Morgan fingerprint density at radius 3 is 0.969 bits per heavy atom. The third kappa shape index (κ3) is 40.4. The molecule has 19 heteroatoms. The average molecular weight is 1390 g/mol. The summed E-state index contributed by atoms with van der Waals surface area (Å²) in [6.07, 6.45) is 43.6. The number of allylic oxidation sites excluding steroid dienone is 1. The van der Waals surface area contributed by atoms with E-state index in [0.717, 1.165) is 44.9 Å². The van der Waals surface area contributed by atoms with Crippen LogP contribution in [0.15, 0.2) is 12.2 Å². The van der Waals surface area contributed by atoms with E-state index in [2.05, 4.69) is 19.2 Å². The second-order valence-corrected chi connectivity index (χ2v) is 29.2. The molecule has 0 radical (unpaired) electrons. The molecule has 17 atom stereocenters. The smallest absolute Gasteiger partial charge is 0.220 e. The Balaban J connectivity index is 1.32. The number of aliphatic hydroxyl groups excluding tert-OH is 11. The molecule has 3 fully saturated rings. The molecule has 0 spiro atoms. The monoisotopic (exact) mass is 1390 g/mol. The molecule has 19 nitrogen and oxygen atoms in total. The minimum atomic E-state index is -1.98. The summed E-state index contributed by atoms with van der Waals surface area (Å²) in [5.74, 6) is -0.267. The molecule has 0 saturated carbocycles. The van der Waals surface area contributed by atoms with Gasteiger partial charge in [0.05, 0.1) is 38.6 Å². The van der Waals surface area contributed by atoms with Gasteiger partial charge in [0.2, 0.25) is 5.91 Å². The number of nitrogens with one attached hydrogen (secondary N) is 1. The van der Waals surface area contributed by atoms with E-state index in [4.69, 9.17) is 28.4 Å². The Bertz CT molecular complexity index is 1800. The van der Waals surface area contributed by atoms with Gasteiger partial charge in [-0.25, -0.2) is 0 Å². The first kappa shape index (κ1) is 89.7. The van der Waals surface area contributed by atoms with E-state index in [1.54, 1.807) is 6.08 Å². The summed E-state index contributed by atoms with van der Waals surface area (Å²) in [4.78, 5) is 13.5. The maximum Gasteiger partial charge on any atom is 0.220 e. The number of rotatable bonds is 65. The van der Waals surface area contributed by atoms with Crippen molar-refractivity contribution in [2.75, 3.05) is 26.4 Å². The summed E-state index contributed by atoms with van der Waals surface area (Å²) in [6, 6.07) is -0.969. The minimum absolute atomic E-state index is 0.250. The van der Waals surface area contributed by atoms with Gasteiger partial charge in [0.1, 0.15) is 73.2 Å². The zero-order chi connectivity index (χ0) is 70.4. The van der Waals surface area contributed by atoms with Gasteiger partial charge in [-0.1, -0.05) is 334 Å². The molecule has 0 aromatic heterocycles. The molecule has 574 valence electrons. The molecule has 3 aliphatic heterocycles. The van der Waals surface area contributed by atoms with Crippen molar-refractivity contribution in [3.8, 4) is 0 Å². The predicted octanol–water partition coefficient (Wildman–Crippen LogP) is 13.2. The normalized spacial score (nSPS) is 26.9. The zero-order valence-corrected chi connectivity index (χ0v) is 61.3. The first-order chi connectivity index (χ1) is 47.3. The molecule has 17 unspecified atom stereocenters. The quantitative estimate of drug-likeness (QED) is 0.0199. The Kier molecular flexibility index (Phi) is 55.4. The molecular weight excluding hydrogens is 1240 g/mol. The van der Waals surface area contributed by atoms with Crippen molar-refractivity contribution >= 4 is 5.91 Å². The highest BCUT2D eigenvalue weighted by molar-refractivity contribution is 5.76. The van der Waals surface area contributed by atoms with Crippen LogP contribution in [0.4, 0.5) is 0 Å². The zero-order valence-electron chi connectivity index (χ0n) is 61.3. The van der Waals surface area contributed by atoms with Crippen LogP contribution in [0.3, 0.4) is 0 Å². The number of hydrogen-bond acceptors (Lipinski definition) is 18. The number of carbonyl (C=O) groups excluding carboxylic acids is 1. The fraction of sp³-hybridized carbons (Fsp3) is 0.962. The van der Waals surface area contributed by atoms with Crippen molar-refractivity contribution < 1.29 is 89.4 Å². The van der Waals surface area contributed by atoms with Gasteiger partial charge in [-0.15, -0.1) is 0 Å². The van der Waals surface area contributed by atoms with Crippen LogP contribution in [-0.2, 0) is 33.2 Å². The third-order valence-electron chi connectivity index (χ3n) is 20.6. The first-order valence-electron chi connectivity index (χ1n) is 40.4. The van der Waals surface area contributed by atoms with Crippen molar-refractivity contribution in [1.82, 2.24) is 5.32 Å². The highest BCUT2D eigenvalue weighted by atomic mass is 16.8. The second kappa shape index (κ2) is 59.9. The fourth-order valence-electron chi connectivity index (χ4n) is 14.1. The highest BCUT2D eigenvalue weighted by Gasteiger charge is 2.54. The van der Waals surface area contributed by atoms with E-state index >= 15 is 0 Å². The van der Waals surface area contributed by atoms with E-state index in [9.17, 15) is 61.0 Å². The molecule has 0 aromatic rings. The largest absolute Gasteiger partial charge is 0.394 e. The van der Waals surface area contributed by atoms with Crippen molar-refractivity contribution in [1.29, 1.82) is 0 Å². The van der Waals surface area contributed by atoms with E-state index in [1.807, 2.05) is 6.08 Å². The minimum Gasteiger partial charge on any atom is -0.394 e. The fourth-order valence-corrected chi connectivity index (χ4v) is 14.1. The highest BCUT2D eigenvalue weighted by Crippen LogP contribution is 2.33. The summed E-state index contributed by atoms with van der Waals surface area (Å²) in [7, 11) is 0. The van der Waals surface area contributed by atoms with Crippen LogP contribution in [0.2, 0.25) is 0 Å². The Hall–Kier alpha value is -1.47. The summed E-state index contributed by atoms with van der Waals surface area (Å²) in [6.45, 7) is 1.79. The lowest BCUT2D eigenvalue weighted by molar-refractivity contribution is -0.379. The number of aliphatic hydroxyl groups is 11. The maximum atomic E-state index is 13.5. The van der Waals surface area contributed by atoms with Crippen molar-refractivity contribution in [2.24, 2.45) is 0 Å². The number of hydrogen-bond donors (Lipinski definition) is 12.